The van der Waals surface area contributed by atoms with E-state index in [0.717, 1.165) is 27.6 Å². The highest BCUT2D eigenvalue weighted by atomic mass is 16.5. The lowest BCUT2D eigenvalue weighted by molar-refractivity contribution is -0.123. The van der Waals surface area contributed by atoms with Crippen LogP contribution in [0, 0.1) is 0 Å². The van der Waals surface area contributed by atoms with E-state index < -0.39 is 12.1 Å². The first-order valence-electron chi connectivity index (χ1n) is 11.0. The van der Waals surface area contributed by atoms with Crippen molar-refractivity contribution in [3.8, 4) is 0 Å². The van der Waals surface area contributed by atoms with Gasteiger partial charge in [0.15, 0.2) is 0 Å². The summed E-state index contributed by atoms with van der Waals surface area (Å²) in [6.07, 6.45) is 2.41. The van der Waals surface area contributed by atoms with E-state index in [1.165, 1.54) is 0 Å². The standard InChI is InChI=1S/C27H27N3O3/c31-26(28-16-15-22-18-29-24-14-8-7-13-23(22)24)25(17-20-9-3-1-4-10-20)30-27(32)33-19-21-11-5-2-6-12-21/h1-14,18,25,29H,15-17,19H2,(H,28,31)(H,30,32)/t25-/m1/s1. The Balaban J connectivity index is 1.35. The molecule has 1 heterocycles. The van der Waals surface area contributed by atoms with Crippen molar-refractivity contribution in [3.63, 3.8) is 0 Å². The zero-order valence-electron chi connectivity index (χ0n) is 18.3. The molecular weight excluding hydrogens is 414 g/mol. The summed E-state index contributed by atoms with van der Waals surface area (Å²) < 4.78 is 5.32. The van der Waals surface area contributed by atoms with Gasteiger partial charge in [0.25, 0.3) is 0 Å². The van der Waals surface area contributed by atoms with Gasteiger partial charge in [0, 0.05) is 30.1 Å². The van der Waals surface area contributed by atoms with Gasteiger partial charge in [0.2, 0.25) is 5.91 Å². The van der Waals surface area contributed by atoms with Crippen molar-refractivity contribution >= 4 is 22.9 Å². The molecule has 0 fully saturated rings. The van der Waals surface area contributed by atoms with Crippen molar-refractivity contribution in [1.29, 1.82) is 0 Å². The molecule has 0 bridgehead atoms. The zero-order valence-corrected chi connectivity index (χ0v) is 18.3. The molecule has 3 aromatic carbocycles. The summed E-state index contributed by atoms with van der Waals surface area (Å²) >= 11 is 0. The van der Waals surface area contributed by atoms with Crippen molar-refractivity contribution in [2.24, 2.45) is 0 Å². The van der Waals surface area contributed by atoms with Crippen molar-refractivity contribution in [2.45, 2.75) is 25.5 Å². The second-order valence-electron chi connectivity index (χ2n) is 7.85. The third kappa shape index (κ3) is 6.23. The number of carbonyl (C=O) groups is 2. The lowest BCUT2D eigenvalue weighted by Crippen LogP contribution is -2.48. The largest absolute Gasteiger partial charge is 0.445 e. The molecule has 3 N–H and O–H groups in total. The molecule has 4 rings (SSSR count). The van der Waals surface area contributed by atoms with Crippen LogP contribution in [0.25, 0.3) is 10.9 Å². The number of carbonyl (C=O) groups excluding carboxylic acids is 2. The summed E-state index contributed by atoms with van der Waals surface area (Å²) in [5, 5.41) is 6.84. The SMILES string of the molecule is O=C(N[C@H](Cc1ccccc1)C(=O)NCCc1c[nH]c2ccccc12)OCc1ccccc1. The number of hydrogen-bond donors (Lipinski definition) is 3. The molecule has 0 aliphatic rings. The van der Waals surface area contributed by atoms with Crippen LogP contribution in [0.15, 0.2) is 91.1 Å². The maximum atomic E-state index is 13.0. The Labute approximate surface area is 193 Å². The Morgan fingerprint density at radius 2 is 1.52 bits per heavy atom. The number of aromatic nitrogens is 1. The van der Waals surface area contributed by atoms with E-state index in [1.807, 2.05) is 85.1 Å². The van der Waals surface area contributed by atoms with Crippen LogP contribution in [0.4, 0.5) is 4.79 Å². The number of amides is 2. The number of para-hydroxylation sites is 1. The van der Waals surface area contributed by atoms with Gasteiger partial charge < -0.3 is 20.4 Å². The van der Waals surface area contributed by atoms with E-state index in [4.69, 9.17) is 4.74 Å². The normalized spacial score (nSPS) is 11.6. The molecule has 1 aromatic heterocycles. The van der Waals surface area contributed by atoms with Gasteiger partial charge in [-0.05, 0) is 29.2 Å². The quantitative estimate of drug-likeness (QED) is 0.361. The summed E-state index contributed by atoms with van der Waals surface area (Å²) in [5.41, 5.74) is 4.05. The third-order valence-corrected chi connectivity index (χ3v) is 5.47. The maximum Gasteiger partial charge on any atom is 0.408 e. The predicted molar refractivity (Wildman–Crippen MR) is 129 cm³/mol. The number of hydrogen-bond acceptors (Lipinski definition) is 3. The summed E-state index contributed by atoms with van der Waals surface area (Å²) in [6.45, 7) is 0.611. The Hall–Kier alpha value is -4.06. The van der Waals surface area contributed by atoms with Gasteiger partial charge in [0.1, 0.15) is 12.6 Å². The lowest BCUT2D eigenvalue weighted by Gasteiger charge is -2.18. The molecule has 0 saturated heterocycles. The first-order chi connectivity index (χ1) is 16.2. The molecular formula is C27H27N3O3. The molecule has 0 aliphatic heterocycles. The maximum absolute atomic E-state index is 13.0. The number of nitrogens with one attached hydrogen (secondary N) is 3. The minimum atomic E-state index is -0.737. The fourth-order valence-electron chi connectivity index (χ4n) is 3.75. The number of fused-ring (bicyclic) bond motifs is 1. The average molecular weight is 442 g/mol. The van der Waals surface area contributed by atoms with Crippen LogP contribution in [0.2, 0.25) is 0 Å². The number of ether oxygens (including phenoxy) is 1. The van der Waals surface area contributed by atoms with E-state index in [9.17, 15) is 9.59 Å². The van der Waals surface area contributed by atoms with Crippen molar-refractivity contribution in [1.82, 2.24) is 15.6 Å². The average Bonchev–Trinajstić information content (AvgIpc) is 3.27. The molecule has 33 heavy (non-hydrogen) atoms. The molecule has 2 amide bonds. The number of benzene rings is 3. The van der Waals surface area contributed by atoms with Crippen molar-refractivity contribution in [2.75, 3.05) is 6.54 Å². The van der Waals surface area contributed by atoms with Gasteiger partial charge in [-0.15, -0.1) is 0 Å². The molecule has 0 radical (unpaired) electrons. The van der Waals surface area contributed by atoms with Crippen LogP contribution >= 0.6 is 0 Å². The van der Waals surface area contributed by atoms with Gasteiger partial charge in [-0.3, -0.25) is 4.79 Å². The first kappa shape index (κ1) is 22.1. The van der Waals surface area contributed by atoms with Crippen LogP contribution in [0.1, 0.15) is 16.7 Å². The van der Waals surface area contributed by atoms with Crippen LogP contribution in [0.3, 0.4) is 0 Å². The molecule has 6 heteroatoms. The fraction of sp³-hybridized carbons (Fsp3) is 0.185. The monoisotopic (exact) mass is 441 g/mol. The minimum absolute atomic E-state index is 0.146. The molecule has 0 aliphatic carbocycles. The Morgan fingerprint density at radius 1 is 0.848 bits per heavy atom. The molecule has 168 valence electrons. The van der Waals surface area contributed by atoms with Gasteiger partial charge >= 0.3 is 6.09 Å². The number of H-pyrrole nitrogens is 1. The molecule has 0 spiro atoms. The second-order valence-corrected chi connectivity index (χ2v) is 7.85. The summed E-state index contributed by atoms with van der Waals surface area (Å²) in [4.78, 5) is 28.6. The van der Waals surface area contributed by atoms with Crippen LogP contribution in [0.5, 0.6) is 0 Å². The van der Waals surface area contributed by atoms with Crippen molar-refractivity contribution < 1.29 is 14.3 Å². The molecule has 1 atom stereocenters. The van der Waals surface area contributed by atoms with Gasteiger partial charge in [-0.1, -0.05) is 78.9 Å². The Morgan fingerprint density at radius 3 is 2.27 bits per heavy atom. The smallest absolute Gasteiger partial charge is 0.408 e. The van der Waals surface area contributed by atoms with E-state index in [1.54, 1.807) is 0 Å². The lowest BCUT2D eigenvalue weighted by atomic mass is 10.1. The summed E-state index contributed by atoms with van der Waals surface area (Å²) in [6, 6.07) is 26.4. The highest BCUT2D eigenvalue weighted by Crippen LogP contribution is 2.17. The molecule has 6 nitrogen and oxygen atoms in total. The Kier molecular flexibility index (Phi) is 7.38. The molecule has 4 aromatic rings. The van der Waals surface area contributed by atoms with E-state index in [2.05, 4.69) is 21.7 Å². The summed E-state index contributed by atoms with van der Waals surface area (Å²) in [5.74, 6) is -0.240. The van der Waals surface area contributed by atoms with Crippen LogP contribution in [-0.2, 0) is 29.0 Å². The third-order valence-electron chi connectivity index (χ3n) is 5.47. The van der Waals surface area contributed by atoms with Gasteiger partial charge in [-0.25, -0.2) is 4.79 Å². The molecule has 0 saturated carbocycles. The second kappa shape index (κ2) is 11.0. The van der Waals surface area contributed by atoms with Gasteiger partial charge in [0.05, 0.1) is 0 Å². The highest BCUT2D eigenvalue weighted by Gasteiger charge is 2.22. The topological polar surface area (TPSA) is 83.2 Å². The minimum Gasteiger partial charge on any atom is -0.445 e. The van der Waals surface area contributed by atoms with Crippen molar-refractivity contribution in [3.05, 3.63) is 108 Å². The van der Waals surface area contributed by atoms with E-state index in [-0.39, 0.29) is 12.5 Å². The van der Waals surface area contributed by atoms with Gasteiger partial charge in [-0.2, -0.15) is 0 Å². The summed E-state index contributed by atoms with van der Waals surface area (Å²) in [7, 11) is 0. The predicted octanol–water partition coefficient (Wildman–Crippen LogP) is 4.36. The number of alkyl carbamates (subject to hydrolysis) is 1. The van der Waals surface area contributed by atoms with Crippen LogP contribution < -0.4 is 10.6 Å². The fourth-order valence-corrected chi connectivity index (χ4v) is 3.75. The highest BCUT2D eigenvalue weighted by molar-refractivity contribution is 5.86. The number of aromatic amines is 1. The number of rotatable bonds is 9. The first-order valence-corrected chi connectivity index (χ1v) is 11.0. The Bertz CT molecular complexity index is 1190. The zero-order chi connectivity index (χ0) is 22.9. The molecule has 0 unspecified atom stereocenters. The van der Waals surface area contributed by atoms with Crippen LogP contribution in [-0.4, -0.2) is 29.6 Å². The van der Waals surface area contributed by atoms with E-state index >= 15 is 0 Å². The van der Waals surface area contributed by atoms with E-state index in [0.29, 0.717) is 19.4 Å².